The average molecular weight is 254 g/mol. The number of nitrogens with one attached hydrogen (secondary N) is 1. The number of aromatic nitrogens is 1. The second-order valence-electron chi connectivity index (χ2n) is 4.61. The van der Waals surface area contributed by atoms with Crippen molar-refractivity contribution in [2.24, 2.45) is 0 Å². The van der Waals surface area contributed by atoms with Gasteiger partial charge in [0, 0.05) is 11.5 Å². The SMILES string of the molecule is Cc1nc(CNC(=O)[C@@]2(C)CCCO2)sc1C. The lowest BCUT2D eigenvalue weighted by atomic mass is 10.0. The minimum absolute atomic E-state index is 0.0273. The van der Waals surface area contributed by atoms with E-state index in [1.807, 2.05) is 20.8 Å². The first-order valence-corrected chi connectivity index (χ1v) is 6.68. The van der Waals surface area contributed by atoms with E-state index >= 15 is 0 Å². The Hall–Kier alpha value is -0.940. The standard InChI is InChI=1S/C12H18N2O2S/c1-8-9(2)17-10(14-8)7-13-11(15)12(3)5-4-6-16-12/h4-7H2,1-3H3,(H,13,15)/t12-/m1/s1. The monoisotopic (exact) mass is 254 g/mol. The Kier molecular flexibility index (Phi) is 3.49. The van der Waals surface area contributed by atoms with Crippen LogP contribution in [0.4, 0.5) is 0 Å². The van der Waals surface area contributed by atoms with Gasteiger partial charge >= 0.3 is 0 Å². The van der Waals surface area contributed by atoms with Gasteiger partial charge < -0.3 is 10.1 Å². The van der Waals surface area contributed by atoms with Gasteiger partial charge in [-0.25, -0.2) is 4.98 Å². The van der Waals surface area contributed by atoms with Crippen LogP contribution in [-0.2, 0) is 16.1 Å². The van der Waals surface area contributed by atoms with E-state index in [9.17, 15) is 4.79 Å². The third-order valence-electron chi connectivity index (χ3n) is 3.17. The Labute approximate surface area is 105 Å². The number of hydrogen-bond donors (Lipinski definition) is 1. The van der Waals surface area contributed by atoms with Gasteiger partial charge in [0.05, 0.1) is 12.2 Å². The predicted molar refractivity (Wildman–Crippen MR) is 67.0 cm³/mol. The molecule has 1 atom stereocenters. The summed E-state index contributed by atoms with van der Waals surface area (Å²) in [5.74, 6) is -0.0273. The van der Waals surface area contributed by atoms with Gasteiger partial charge in [0.25, 0.3) is 5.91 Å². The van der Waals surface area contributed by atoms with E-state index in [1.165, 1.54) is 4.88 Å². The molecule has 4 nitrogen and oxygen atoms in total. The van der Waals surface area contributed by atoms with E-state index in [4.69, 9.17) is 4.74 Å². The molecular formula is C12H18N2O2S. The molecule has 1 aromatic rings. The van der Waals surface area contributed by atoms with Crippen molar-refractivity contribution < 1.29 is 9.53 Å². The van der Waals surface area contributed by atoms with Crippen LogP contribution < -0.4 is 5.32 Å². The van der Waals surface area contributed by atoms with Gasteiger partial charge in [0.1, 0.15) is 10.6 Å². The quantitative estimate of drug-likeness (QED) is 0.897. The van der Waals surface area contributed by atoms with E-state index < -0.39 is 5.60 Å². The van der Waals surface area contributed by atoms with Gasteiger partial charge in [-0.05, 0) is 33.6 Å². The largest absolute Gasteiger partial charge is 0.365 e. The fraction of sp³-hybridized carbons (Fsp3) is 0.667. The number of nitrogens with zero attached hydrogens (tertiary/aromatic N) is 1. The van der Waals surface area contributed by atoms with Crippen LogP contribution in [0.5, 0.6) is 0 Å². The Balaban J connectivity index is 1.92. The van der Waals surface area contributed by atoms with Gasteiger partial charge in [-0.2, -0.15) is 0 Å². The molecule has 0 radical (unpaired) electrons. The van der Waals surface area contributed by atoms with Crippen LogP contribution in [-0.4, -0.2) is 23.1 Å². The molecule has 1 aliphatic heterocycles. The summed E-state index contributed by atoms with van der Waals surface area (Å²) < 4.78 is 5.49. The first-order chi connectivity index (χ1) is 8.01. The third kappa shape index (κ3) is 2.66. The number of amides is 1. The van der Waals surface area contributed by atoms with Crippen LogP contribution in [0.25, 0.3) is 0 Å². The highest BCUT2D eigenvalue weighted by atomic mass is 32.1. The van der Waals surface area contributed by atoms with Crippen molar-refractivity contribution in [1.29, 1.82) is 0 Å². The first-order valence-electron chi connectivity index (χ1n) is 5.86. The molecule has 2 rings (SSSR count). The van der Waals surface area contributed by atoms with Crippen LogP contribution in [0.15, 0.2) is 0 Å². The summed E-state index contributed by atoms with van der Waals surface area (Å²) in [6.45, 7) is 7.06. The molecule has 0 bridgehead atoms. The van der Waals surface area contributed by atoms with Crippen molar-refractivity contribution in [1.82, 2.24) is 10.3 Å². The van der Waals surface area contributed by atoms with E-state index in [1.54, 1.807) is 11.3 Å². The molecule has 1 saturated heterocycles. The second kappa shape index (κ2) is 4.74. The van der Waals surface area contributed by atoms with Crippen molar-refractivity contribution in [2.75, 3.05) is 6.61 Å². The lowest BCUT2D eigenvalue weighted by molar-refractivity contribution is -0.139. The molecule has 17 heavy (non-hydrogen) atoms. The molecule has 0 saturated carbocycles. The molecule has 2 heterocycles. The number of thiazole rings is 1. The van der Waals surface area contributed by atoms with Crippen molar-refractivity contribution >= 4 is 17.2 Å². The topological polar surface area (TPSA) is 51.2 Å². The average Bonchev–Trinajstić information content (AvgIpc) is 2.85. The Bertz CT molecular complexity index is 403. The normalized spacial score (nSPS) is 23.9. The van der Waals surface area contributed by atoms with E-state index in [2.05, 4.69) is 10.3 Å². The van der Waals surface area contributed by atoms with Crippen LogP contribution in [0.2, 0.25) is 0 Å². The van der Waals surface area contributed by atoms with Gasteiger partial charge in [-0.1, -0.05) is 0 Å². The van der Waals surface area contributed by atoms with Crippen LogP contribution in [0, 0.1) is 13.8 Å². The maximum atomic E-state index is 12.0. The molecular weight excluding hydrogens is 236 g/mol. The lowest BCUT2D eigenvalue weighted by Crippen LogP contribution is -2.43. The molecule has 0 spiro atoms. The summed E-state index contributed by atoms with van der Waals surface area (Å²) in [5, 5.41) is 3.86. The molecule has 0 aromatic carbocycles. The maximum absolute atomic E-state index is 12.0. The molecule has 1 fully saturated rings. The summed E-state index contributed by atoms with van der Waals surface area (Å²) in [5.41, 5.74) is 0.407. The van der Waals surface area contributed by atoms with E-state index in [0.717, 1.165) is 23.5 Å². The Morgan fingerprint density at radius 1 is 1.59 bits per heavy atom. The number of ether oxygens (including phenoxy) is 1. The molecule has 0 aliphatic carbocycles. The number of carbonyl (C=O) groups excluding carboxylic acids is 1. The predicted octanol–water partition coefficient (Wildman–Crippen LogP) is 1.95. The maximum Gasteiger partial charge on any atom is 0.252 e. The smallest absolute Gasteiger partial charge is 0.252 e. The minimum atomic E-state index is -0.638. The fourth-order valence-electron chi connectivity index (χ4n) is 1.92. The molecule has 1 aliphatic rings. The highest BCUT2D eigenvalue weighted by Gasteiger charge is 2.37. The number of aryl methyl sites for hydroxylation is 2. The Morgan fingerprint density at radius 3 is 2.88 bits per heavy atom. The van der Waals surface area contributed by atoms with Crippen molar-refractivity contribution in [3.05, 3.63) is 15.6 Å². The number of carbonyl (C=O) groups is 1. The van der Waals surface area contributed by atoms with Crippen LogP contribution >= 0.6 is 11.3 Å². The summed E-state index contributed by atoms with van der Waals surface area (Å²) in [4.78, 5) is 17.6. The lowest BCUT2D eigenvalue weighted by Gasteiger charge is -2.21. The zero-order chi connectivity index (χ0) is 12.5. The number of hydrogen-bond acceptors (Lipinski definition) is 4. The summed E-state index contributed by atoms with van der Waals surface area (Å²) >= 11 is 1.63. The highest BCUT2D eigenvalue weighted by molar-refractivity contribution is 7.11. The minimum Gasteiger partial charge on any atom is -0.365 e. The number of rotatable bonds is 3. The second-order valence-corrected chi connectivity index (χ2v) is 5.90. The summed E-state index contributed by atoms with van der Waals surface area (Å²) in [6, 6.07) is 0. The Morgan fingerprint density at radius 2 is 2.35 bits per heavy atom. The molecule has 94 valence electrons. The van der Waals surface area contributed by atoms with E-state index in [0.29, 0.717) is 13.2 Å². The summed E-state index contributed by atoms with van der Waals surface area (Å²) in [7, 11) is 0. The molecule has 1 N–H and O–H groups in total. The molecule has 1 amide bonds. The van der Waals surface area contributed by atoms with E-state index in [-0.39, 0.29) is 5.91 Å². The fourth-order valence-corrected chi connectivity index (χ4v) is 2.79. The first kappa shape index (κ1) is 12.5. The van der Waals surface area contributed by atoms with Crippen LogP contribution in [0.1, 0.15) is 35.3 Å². The van der Waals surface area contributed by atoms with Gasteiger partial charge in [-0.3, -0.25) is 4.79 Å². The zero-order valence-electron chi connectivity index (χ0n) is 10.5. The molecule has 1 aromatic heterocycles. The summed E-state index contributed by atoms with van der Waals surface area (Å²) in [6.07, 6.45) is 1.76. The van der Waals surface area contributed by atoms with Gasteiger partial charge in [0.15, 0.2) is 0 Å². The third-order valence-corrected chi connectivity index (χ3v) is 4.24. The zero-order valence-corrected chi connectivity index (χ0v) is 11.3. The van der Waals surface area contributed by atoms with Crippen molar-refractivity contribution in [2.45, 2.75) is 45.8 Å². The van der Waals surface area contributed by atoms with Crippen molar-refractivity contribution in [3.8, 4) is 0 Å². The van der Waals surface area contributed by atoms with Gasteiger partial charge in [-0.15, -0.1) is 11.3 Å². The molecule has 0 unspecified atom stereocenters. The van der Waals surface area contributed by atoms with Gasteiger partial charge in [0.2, 0.25) is 0 Å². The highest BCUT2D eigenvalue weighted by Crippen LogP contribution is 2.25. The molecule has 5 heteroatoms. The van der Waals surface area contributed by atoms with Crippen molar-refractivity contribution in [3.63, 3.8) is 0 Å². The van der Waals surface area contributed by atoms with Crippen LogP contribution in [0.3, 0.4) is 0 Å².